The maximum absolute atomic E-state index is 14.4. The lowest BCUT2D eigenvalue weighted by molar-refractivity contribution is -0.142. The lowest BCUT2D eigenvalue weighted by Gasteiger charge is -2.18. The van der Waals surface area contributed by atoms with Crippen molar-refractivity contribution in [1.82, 2.24) is 14.5 Å². The highest BCUT2D eigenvalue weighted by atomic mass is 19.4. The van der Waals surface area contributed by atoms with Crippen molar-refractivity contribution in [2.75, 3.05) is 0 Å². The van der Waals surface area contributed by atoms with Gasteiger partial charge < -0.3 is 9.72 Å². The smallest absolute Gasteiger partial charge is 0.424 e. The number of nitrogens with one attached hydrogen (secondary N) is 1. The van der Waals surface area contributed by atoms with E-state index in [9.17, 15) is 31.9 Å². The molecule has 0 aliphatic carbocycles. The van der Waals surface area contributed by atoms with E-state index in [1.165, 1.54) is 0 Å². The number of ether oxygens (including phenoxy) is 1. The molecule has 140 valence electrons. The minimum absolute atomic E-state index is 0.0115. The molecule has 0 atom stereocenters. The van der Waals surface area contributed by atoms with Gasteiger partial charge in [0.1, 0.15) is 16.9 Å². The molecule has 0 unspecified atom stereocenters. The van der Waals surface area contributed by atoms with Crippen molar-refractivity contribution in [3.05, 3.63) is 62.8 Å². The average Bonchev–Trinajstić information content (AvgIpc) is 2.55. The number of fused-ring (bicyclic) bond motifs is 1. The van der Waals surface area contributed by atoms with E-state index < -0.39 is 57.1 Å². The fourth-order valence-corrected chi connectivity index (χ4v) is 2.51. The average molecular weight is 383 g/mol. The second kappa shape index (κ2) is 6.34. The Kier molecular flexibility index (Phi) is 4.30. The first-order valence-electron chi connectivity index (χ1n) is 7.29. The third-order valence-electron chi connectivity index (χ3n) is 3.53. The summed E-state index contributed by atoms with van der Waals surface area (Å²) in [7, 11) is 0. The topological polar surface area (TPSA) is 94.1 Å². The number of H-pyrrole nitrogens is 1. The Morgan fingerprint density at radius 2 is 1.96 bits per heavy atom. The number of carbonyl (C=O) groups excluding carboxylic acids is 1. The van der Waals surface area contributed by atoms with Gasteiger partial charge in [-0.3, -0.25) is 19.0 Å². The molecular formula is C16H9F4N3O4. The van der Waals surface area contributed by atoms with E-state index in [0.29, 0.717) is 6.07 Å². The van der Waals surface area contributed by atoms with Crippen LogP contribution in [0.5, 0.6) is 5.75 Å². The number of hydrogen-bond donors (Lipinski definition) is 1. The molecule has 3 rings (SSSR count). The van der Waals surface area contributed by atoms with E-state index in [-0.39, 0.29) is 4.57 Å². The van der Waals surface area contributed by atoms with Gasteiger partial charge in [0.05, 0.1) is 11.7 Å². The Bertz CT molecular complexity index is 1180. The fraction of sp³-hybridized carbons (Fsp3) is 0.125. The van der Waals surface area contributed by atoms with Crippen molar-refractivity contribution in [3.8, 4) is 11.4 Å². The van der Waals surface area contributed by atoms with E-state index in [2.05, 4.69) is 9.97 Å². The normalized spacial score (nSPS) is 11.6. The van der Waals surface area contributed by atoms with Gasteiger partial charge in [-0.2, -0.15) is 13.2 Å². The van der Waals surface area contributed by atoms with E-state index in [0.717, 1.165) is 31.5 Å². The molecule has 0 amide bonds. The molecule has 0 aliphatic heterocycles. The van der Waals surface area contributed by atoms with Crippen LogP contribution in [0, 0.1) is 5.82 Å². The number of aromatic nitrogens is 3. The number of rotatable bonds is 2. The summed E-state index contributed by atoms with van der Waals surface area (Å²) in [4.78, 5) is 41.3. The van der Waals surface area contributed by atoms with Crippen molar-refractivity contribution >= 4 is 16.9 Å². The lowest BCUT2D eigenvalue weighted by Crippen LogP contribution is -2.30. The zero-order valence-corrected chi connectivity index (χ0v) is 13.4. The van der Waals surface area contributed by atoms with E-state index >= 15 is 0 Å². The van der Waals surface area contributed by atoms with Crippen LogP contribution >= 0.6 is 0 Å². The molecule has 0 saturated heterocycles. The molecule has 0 bridgehead atoms. The standard InChI is InChI=1S/C16H9F4N3O4/c1-7(24)27-10-4-2-3-9(17)13(10)23-11(16(18,19)20)5-8-12(15(23)26)21-6-22-14(8)25/h2-6H,1H3,(H,21,22,25). The number of carbonyl (C=O) groups is 1. The quantitative estimate of drug-likeness (QED) is 0.416. The Balaban J connectivity index is 2.53. The summed E-state index contributed by atoms with van der Waals surface area (Å²) in [6.07, 6.45) is -4.30. The van der Waals surface area contributed by atoms with Crippen LogP contribution in [0.2, 0.25) is 0 Å². The molecule has 0 fully saturated rings. The Morgan fingerprint density at radius 3 is 2.59 bits per heavy atom. The van der Waals surface area contributed by atoms with Crippen molar-refractivity contribution < 1.29 is 27.1 Å². The summed E-state index contributed by atoms with van der Waals surface area (Å²) in [6.45, 7) is 0.962. The van der Waals surface area contributed by atoms with Crippen LogP contribution in [0.1, 0.15) is 12.6 Å². The van der Waals surface area contributed by atoms with E-state index in [4.69, 9.17) is 4.74 Å². The molecule has 1 aromatic carbocycles. The lowest BCUT2D eigenvalue weighted by atomic mass is 10.2. The zero-order valence-electron chi connectivity index (χ0n) is 13.4. The Morgan fingerprint density at radius 1 is 1.26 bits per heavy atom. The summed E-state index contributed by atoms with van der Waals surface area (Å²) in [5, 5.41) is -0.614. The molecule has 3 aromatic rings. The molecule has 0 aliphatic rings. The van der Waals surface area contributed by atoms with Gasteiger partial charge in [0.15, 0.2) is 11.6 Å². The molecule has 7 nitrogen and oxygen atoms in total. The van der Waals surface area contributed by atoms with Gasteiger partial charge >= 0.3 is 12.1 Å². The van der Waals surface area contributed by atoms with Crippen LogP contribution < -0.4 is 15.9 Å². The molecular weight excluding hydrogens is 374 g/mol. The van der Waals surface area contributed by atoms with Gasteiger partial charge in [-0.15, -0.1) is 0 Å². The number of aromatic amines is 1. The molecule has 0 saturated carbocycles. The first-order chi connectivity index (χ1) is 12.6. The zero-order chi connectivity index (χ0) is 19.9. The van der Waals surface area contributed by atoms with Crippen LogP contribution in [0.4, 0.5) is 17.6 Å². The van der Waals surface area contributed by atoms with Crippen molar-refractivity contribution in [3.63, 3.8) is 0 Å². The van der Waals surface area contributed by atoms with Crippen LogP contribution in [-0.4, -0.2) is 20.5 Å². The minimum Gasteiger partial charge on any atom is -0.424 e. The number of alkyl halides is 3. The van der Waals surface area contributed by atoms with E-state index in [1.54, 1.807) is 0 Å². The van der Waals surface area contributed by atoms with Gasteiger partial charge in [0.2, 0.25) is 0 Å². The number of pyridine rings is 1. The number of para-hydroxylation sites is 1. The second-order valence-electron chi connectivity index (χ2n) is 5.34. The van der Waals surface area contributed by atoms with Gasteiger partial charge in [0.25, 0.3) is 11.1 Å². The van der Waals surface area contributed by atoms with Gasteiger partial charge in [-0.05, 0) is 18.2 Å². The van der Waals surface area contributed by atoms with Crippen LogP contribution in [-0.2, 0) is 11.0 Å². The summed E-state index contributed by atoms with van der Waals surface area (Å²) < 4.78 is 59.9. The number of esters is 1. The predicted molar refractivity (Wildman–Crippen MR) is 84.2 cm³/mol. The number of nitrogens with zero attached hydrogens (tertiary/aromatic N) is 2. The summed E-state index contributed by atoms with van der Waals surface area (Å²) >= 11 is 0. The number of halogens is 4. The van der Waals surface area contributed by atoms with Crippen LogP contribution in [0.25, 0.3) is 16.6 Å². The Labute approximate surface area is 146 Å². The highest BCUT2D eigenvalue weighted by molar-refractivity contribution is 5.78. The third kappa shape index (κ3) is 3.18. The van der Waals surface area contributed by atoms with Crippen molar-refractivity contribution in [2.24, 2.45) is 0 Å². The minimum atomic E-state index is -5.13. The summed E-state index contributed by atoms with van der Waals surface area (Å²) in [5.41, 5.74) is -5.53. The second-order valence-corrected chi connectivity index (χ2v) is 5.34. The molecule has 2 heterocycles. The third-order valence-corrected chi connectivity index (χ3v) is 3.53. The predicted octanol–water partition coefficient (Wildman–Crippen LogP) is 2.16. The molecule has 0 spiro atoms. The van der Waals surface area contributed by atoms with Gasteiger partial charge in [0, 0.05) is 6.92 Å². The van der Waals surface area contributed by atoms with Crippen molar-refractivity contribution in [2.45, 2.75) is 13.1 Å². The molecule has 1 N–H and O–H groups in total. The summed E-state index contributed by atoms with van der Waals surface area (Å²) in [6, 6.07) is 3.30. The first kappa shape index (κ1) is 18.3. The Hall–Kier alpha value is -3.50. The van der Waals surface area contributed by atoms with Crippen molar-refractivity contribution in [1.29, 1.82) is 0 Å². The van der Waals surface area contributed by atoms with Gasteiger partial charge in [-0.1, -0.05) is 6.07 Å². The maximum Gasteiger partial charge on any atom is 0.431 e. The largest absolute Gasteiger partial charge is 0.431 e. The van der Waals surface area contributed by atoms with Gasteiger partial charge in [-0.25, -0.2) is 9.37 Å². The maximum atomic E-state index is 14.4. The monoisotopic (exact) mass is 383 g/mol. The van der Waals surface area contributed by atoms with Crippen LogP contribution in [0.15, 0.2) is 40.2 Å². The summed E-state index contributed by atoms with van der Waals surface area (Å²) in [5.74, 6) is -2.77. The molecule has 0 radical (unpaired) electrons. The first-order valence-corrected chi connectivity index (χ1v) is 7.29. The number of hydrogen-bond acceptors (Lipinski definition) is 5. The SMILES string of the molecule is CC(=O)Oc1cccc(F)c1-n1c(C(F)(F)F)cc2c(=O)[nH]cnc2c1=O. The fourth-order valence-electron chi connectivity index (χ4n) is 2.51. The van der Waals surface area contributed by atoms with Crippen LogP contribution in [0.3, 0.4) is 0 Å². The highest BCUT2D eigenvalue weighted by Gasteiger charge is 2.37. The van der Waals surface area contributed by atoms with E-state index in [1.807, 2.05) is 0 Å². The highest BCUT2D eigenvalue weighted by Crippen LogP contribution is 2.34. The molecule has 2 aromatic heterocycles. The molecule has 27 heavy (non-hydrogen) atoms. The number of benzene rings is 1. The molecule has 11 heteroatoms.